The standard InChI is InChI=1S/C13H18N4O/c1-4-17-13(11(18-3)8-16-17)12(14)10-7-9(2)5-6-15-10/h5-8,12H,4,14H2,1-3H3. The van der Waals surface area contributed by atoms with E-state index in [1.54, 1.807) is 19.5 Å². The molecule has 5 nitrogen and oxygen atoms in total. The second-order valence-electron chi connectivity index (χ2n) is 4.15. The molecule has 2 N–H and O–H groups in total. The number of rotatable bonds is 4. The Balaban J connectivity index is 2.44. The normalized spacial score (nSPS) is 12.4. The zero-order chi connectivity index (χ0) is 13.1. The minimum absolute atomic E-state index is 0.331. The molecule has 2 aromatic heterocycles. The van der Waals surface area contributed by atoms with E-state index >= 15 is 0 Å². The minimum atomic E-state index is -0.331. The van der Waals surface area contributed by atoms with Gasteiger partial charge in [0.25, 0.3) is 0 Å². The van der Waals surface area contributed by atoms with Crippen molar-refractivity contribution in [2.24, 2.45) is 5.73 Å². The molecule has 2 heterocycles. The first-order valence-corrected chi connectivity index (χ1v) is 5.95. The second kappa shape index (κ2) is 5.18. The summed E-state index contributed by atoms with van der Waals surface area (Å²) in [4.78, 5) is 4.32. The maximum Gasteiger partial charge on any atom is 0.161 e. The van der Waals surface area contributed by atoms with Crippen molar-refractivity contribution in [2.45, 2.75) is 26.4 Å². The van der Waals surface area contributed by atoms with Gasteiger partial charge in [-0.1, -0.05) is 0 Å². The van der Waals surface area contributed by atoms with E-state index in [1.165, 1.54) is 0 Å². The molecule has 2 rings (SSSR count). The maximum atomic E-state index is 6.28. The summed E-state index contributed by atoms with van der Waals surface area (Å²) in [5.41, 5.74) is 9.10. The molecule has 0 aromatic carbocycles. The monoisotopic (exact) mass is 246 g/mol. The number of methoxy groups -OCH3 is 1. The van der Waals surface area contributed by atoms with Crippen LogP contribution in [0.4, 0.5) is 0 Å². The van der Waals surface area contributed by atoms with Crippen LogP contribution in [-0.2, 0) is 6.54 Å². The SMILES string of the molecule is CCn1ncc(OC)c1C(N)c1cc(C)ccn1. The largest absolute Gasteiger partial charge is 0.493 e. The van der Waals surface area contributed by atoms with Crippen molar-refractivity contribution in [3.8, 4) is 5.75 Å². The predicted octanol–water partition coefficient (Wildman–Crippen LogP) is 1.66. The third-order valence-corrected chi connectivity index (χ3v) is 2.91. The minimum Gasteiger partial charge on any atom is -0.493 e. The van der Waals surface area contributed by atoms with Crippen LogP contribution in [0.1, 0.15) is 29.9 Å². The van der Waals surface area contributed by atoms with Gasteiger partial charge >= 0.3 is 0 Å². The fourth-order valence-corrected chi connectivity index (χ4v) is 1.97. The number of aryl methyl sites for hydroxylation is 2. The van der Waals surface area contributed by atoms with Crippen molar-refractivity contribution in [1.82, 2.24) is 14.8 Å². The summed E-state index contributed by atoms with van der Waals surface area (Å²) in [5, 5.41) is 4.26. The van der Waals surface area contributed by atoms with Crippen LogP contribution < -0.4 is 10.5 Å². The molecule has 0 aliphatic carbocycles. The molecule has 0 radical (unpaired) electrons. The number of hydrogen-bond acceptors (Lipinski definition) is 4. The van der Waals surface area contributed by atoms with E-state index in [0.717, 1.165) is 23.5 Å². The van der Waals surface area contributed by atoms with Crippen molar-refractivity contribution in [2.75, 3.05) is 7.11 Å². The van der Waals surface area contributed by atoms with Crippen LogP contribution in [0.25, 0.3) is 0 Å². The summed E-state index contributed by atoms with van der Waals surface area (Å²) in [7, 11) is 1.62. The van der Waals surface area contributed by atoms with E-state index < -0.39 is 0 Å². The highest BCUT2D eigenvalue weighted by atomic mass is 16.5. The molecule has 18 heavy (non-hydrogen) atoms. The number of aromatic nitrogens is 3. The average Bonchev–Trinajstić information content (AvgIpc) is 2.80. The molecule has 1 atom stereocenters. The smallest absolute Gasteiger partial charge is 0.161 e. The second-order valence-corrected chi connectivity index (χ2v) is 4.15. The van der Waals surface area contributed by atoms with Gasteiger partial charge in [0.2, 0.25) is 0 Å². The molecule has 0 bridgehead atoms. The first-order valence-electron chi connectivity index (χ1n) is 5.95. The molecule has 0 fully saturated rings. The fraction of sp³-hybridized carbons (Fsp3) is 0.385. The van der Waals surface area contributed by atoms with E-state index in [9.17, 15) is 0 Å². The lowest BCUT2D eigenvalue weighted by Gasteiger charge is -2.15. The molecule has 0 saturated carbocycles. The van der Waals surface area contributed by atoms with Crippen molar-refractivity contribution in [3.63, 3.8) is 0 Å². The quantitative estimate of drug-likeness (QED) is 0.891. The summed E-state index contributed by atoms with van der Waals surface area (Å²) in [6.45, 7) is 4.79. The molecular formula is C13H18N4O. The Labute approximate surface area is 107 Å². The lowest BCUT2D eigenvalue weighted by Crippen LogP contribution is -2.19. The number of ether oxygens (including phenoxy) is 1. The van der Waals surface area contributed by atoms with Gasteiger partial charge in [0.1, 0.15) is 5.69 Å². The van der Waals surface area contributed by atoms with E-state index in [0.29, 0.717) is 5.75 Å². The molecule has 0 saturated heterocycles. The van der Waals surface area contributed by atoms with E-state index in [4.69, 9.17) is 10.5 Å². The number of hydrogen-bond donors (Lipinski definition) is 1. The molecule has 0 aliphatic heterocycles. The summed E-state index contributed by atoms with van der Waals surface area (Å²) in [6.07, 6.45) is 3.46. The van der Waals surface area contributed by atoms with Crippen LogP contribution in [0.3, 0.4) is 0 Å². The summed E-state index contributed by atoms with van der Waals surface area (Å²) >= 11 is 0. The highest BCUT2D eigenvalue weighted by Crippen LogP contribution is 2.27. The lowest BCUT2D eigenvalue weighted by molar-refractivity contribution is 0.404. The van der Waals surface area contributed by atoms with Crippen molar-refractivity contribution in [3.05, 3.63) is 41.5 Å². The van der Waals surface area contributed by atoms with Crippen molar-refractivity contribution in [1.29, 1.82) is 0 Å². The van der Waals surface area contributed by atoms with Crippen LogP contribution >= 0.6 is 0 Å². The van der Waals surface area contributed by atoms with Crippen molar-refractivity contribution >= 4 is 0 Å². The van der Waals surface area contributed by atoms with Gasteiger partial charge in [-0.05, 0) is 31.5 Å². The first-order chi connectivity index (χ1) is 8.67. The Bertz CT molecular complexity index is 514. The molecule has 0 aliphatic rings. The van der Waals surface area contributed by atoms with Gasteiger partial charge in [-0.15, -0.1) is 0 Å². The molecular weight excluding hydrogens is 228 g/mol. The zero-order valence-electron chi connectivity index (χ0n) is 10.9. The topological polar surface area (TPSA) is 66.0 Å². The maximum absolute atomic E-state index is 6.28. The third kappa shape index (κ3) is 2.22. The Kier molecular flexibility index (Phi) is 3.62. The Morgan fingerprint density at radius 3 is 2.89 bits per heavy atom. The highest BCUT2D eigenvalue weighted by molar-refractivity contribution is 5.34. The van der Waals surface area contributed by atoms with E-state index in [2.05, 4.69) is 10.1 Å². The van der Waals surface area contributed by atoms with Crippen LogP contribution in [-0.4, -0.2) is 21.9 Å². The molecule has 1 unspecified atom stereocenters. The molecule has 0 amide bonds. The van der Waals surface area contributed by atoms with Crippen LogP contribution in [0.2, 0.25) is 0 Å². The van der Waals surface area contributed by atoms with Gasteiger partial charge in [0, 0.05) is 12.7 Å². The lowest BCUT2D eigenvalue weighted by atomic mass is 10.1. The van der Waals surface area contributed by atoms with Crippen LogP contribution in [0.5, 0.6) is 5.75 Å². The van der Waals surface area contributed by atoms with E-state index in [-0.39, 0.29) is 6.04 Å². The molecule has 0 spiro atoms. The van der Waals surface area contributed by atoms with Crippen LogP contribution in [0, 0.1) is 6.92 Å². The molecule has 2 aromatic rings. The summed E-state index contributed by atoms with van der Waals surface area (Å²) < 4.78 is 7.15. The number of pyridine rings is 1. The third-order valence-electron chi connectivity index (χ3n) is 2.91. The zero-order valence-corrected chi connectivity index (χ0v) is 10.9. The Hall–Kier alpha value is -1.88. The molecule has 5 heteroatoms. The summed E-state index contributed by atoms with van der Waals surface area (Å²) in [6, 6.07) is 3.60. The Morgan fingerprint density at radius 2 is 2.28 bits per heavy atom. The average molecular weight is 246 g/mol. The van der Waals surface area contributed by atoms with Gasteiger partial charge in [-0.3, -0.25) is 9.67 Å². The molecule has 96 valence electrons. The highest BCUT2D eigenvalue weighted by Gasteiger charge is 2.20. The fourth-order valence-electron chi connectivity index (χ4n) is 1.97. The Morgan fingerprint density at radius 1 is 1.50 bits per heavy atom. The van der Waals surface area contributed by atoms with Crippen LogP contribution in [0.15, 0.2) is 24.5 Å². The summed E-state index contributed by atoms with van der Waals surface area (Å²) in [5.74, 6) is 0.702. The van der Waals surface area contributed by atoms with Crippen molar-refractivity contribution < 1.29 is 4.74 Å². The van der Waals surface area contributed by atoms with Gasteiger partial charge in [0.15, 0.2) is 5.75 Å². The van der Waals surface area contributed by atoms with Gasteiger partial charge in [-0.2, -0.15) is 5.10 Å². The number of nitrogens with zero attached hydrogens (tertiary/aromatic N) is 3. The predicted molar refractivity (Wildman–Crippen MR) is 69.5 cm³/mol. The van der Waals surface area contributed by atoms with Gasteiger partial charge in [0.05, 0.1) is 25.0 Å². The number of nitrogens with two attached hydrogens (primary N) is 1. The van der Waals surface area contributed by atoms with Gasteiger partial charge in [-0.25, -0.2) is 0 Å². The van der Waals surface area contributed by atoms with Gasteiger partial charge < -0.3 is 10.5 Å². The van der Waals surface area contributed by atoms with E-state index in [1.807, 2.05) is 30.7 Å². The first kappa shape index (κ1) is 12.6.